The number of anilines is 1. The van der Waals surface area contributed by atoms with Gasteiger partial charge in [0, 0.05) is 34.7 Å². The molecule has 1 amide bonds. The smallest absolute Gasteiger partial charge is 0.303 e. The number of aliphatic hydroxyl groups is 1. The van der Waals surface area contributed by atoms with Crippen molar-refractivity contribution < 1.29 is 33.6 Å². The largest absolute Gasteiger partial charge is 0.496 e. The standard InChI is InChI=1S/C31H35NO7S/c1-19-27(18-40-28-8-6-5-7-26(28)36-4)38-31(39-29(19)23-11-9-22(17-33)10-12-23)24-13-15-25(16-14-24)32-30(35)20(2)37-21(3)34/h5-16,19-20,27,29,31,33H,17-18H2,1-4H3,(H,32,35). The fourth-order valence-electron chi connectivity index (χ4n) is 4.49. The van der Waals surface area contributed by atoms with Crippen molar-refractivity contribution in [1.29, 1.82) is 0 Å². The summed E-state index contributed by atoms with van der Waals surface area (Å²) >= 11 is 1.68. The lowest BCUT2D eigenvalue weighted by Gasteiger charge is -2.41. The van der Waals surface area contributed by atoms with Crippen LogP contribution in [-0.4, -0.2) is 42.1 Å². The number of carbonyl (C=O) groups is 2. The van der Waals surface area contributed by atoms with Gasteiger partial charge in [0.1, 0.15) is 5.75 Å². The fraction of sp³-hybridized carbons (Fsp3) is 0.355. The second kappa shape index (κ2) is 13.8. The predicted molar refractivity (Wildman–Crippen MR) is 153 cm³/mol. The summed E-state index contributed by atoms with van der Waals surface area (Å²) in [5.74, 6) is 0.620. The number of thioether (sulfide) groups is 1. The molecule has 0 radical (unpaired) electrons. The Morgan fingerprint density at radius 1 is 1.00 bits per heavy atom. The molecule has 4 rings (SSSR count). The quantitative estimate of drug-likeness (QED) is 0.240. The van der Waals surface area contributed by atoms with Crippen molar-refractivity contribution in [2.45, 2.75) is 56.9 Å². The number of rotatable bonds is 10. The maximum atomic E-state index is 12.3. The van der Waals surface area contributed by atoms with Crippen molar-refractivity contribution in [3.05, 3.63) is 89.5 Å². The number of para-hydroxylation sites is 1. The lowest BCUT2D eigenvalue weighted by molar-refractivity contribution is -0.268. The minimum absolute atomic E-state index is 0.0200. The zero-order valence-electron chi connectivity index (χ0n) is 23.0. The van der Waals surface area contributed by atoms with Gasteiger partial charge in [-0.3, -0.25) is 9.59 Å². The van der Waals surface area contributed by atoms with Crippen molar-refractivity contribution in [2.24, 2.45) is 5.92 Å². The number of esters is 1. The van der Waals surface area contributed by atoms with Crippen LogP contribution in [0.25, 0.3) is 0 Å². The molecule has 1 saturated heterocycles. The van der Waals surface area contributed by atoms with Crippen LogP contribution in [0.3, 0.4) is 0 Å². The van der Waals surface area contributed by atoms with Crippen molar-refractivity contribution >= 4 is 29.3 Å². The molecule has 5 unspecified atom stereocenters. The lowest BCUT2D eigenvalue weighted by Crippen LogP contribution is -2.38. The fourth-order valence-corrected chi connectivity index (χ4v) is 5.68. The van der Waals surface area contributed by atoms with Gasteiger partial charge in [-0.25, -0.2) is 0 Å². The first-order valence-corrected chi connectivity index (χ1v) is 14.1. The Balaban J connectivity index is 1.53. The van der Waals surface area contributed by atoms with E-state index in [1.807, 2.05) is 60.7 Å². The van der Waals surface area contributed by atoms with Crippen LogP contribution in [-0.2, 0) is 30.4 Å². The van der Waals surface area contributed by atoms with Gasteiger partial charge < -0.3 is 29.4 Å². The van der Waals surface area contributed by atoms with E-state index < -0.39 is 24.3 Å². The Morgan fingerprint density at radius 3 is 2.33 bits per heavy atom. The van der Waals surface area contributed by atoms with Crippen LogP contribution in [0.4, 0.5) is 5.69 Å². The highest BCUT2D eigenvalue weighted by Gasteiger charge is 2.38. The summed E-state index contributed by atoms with van der Waals surface area (Å²) < 4.78 is 23.5. The number of benzene rings is 3. The SMILES string of the molecule is COc1ccccc1SCC1OC(c2ccc(NC(=O)C(C)OC(C)=O)cc2)OC(c2ccc(CO)cc2)C1C. The molecule has 1 heterocycles. The molecule has 0 bridgehead atoms. The van der Waals surface area contributed by atoms with Gasteiger partial charge in [0.25, 0.3) is 5.91 Å². The number of hydrogen-bond acceptors (Lipinski definition) is 8. The lowest BCUT2D eigenvalue weighted by atomic mass is 9.91. The molecule has 5 atom stereocenters. The van der Waals surface area contributed by atoms with Gasteiger partial charge in [-0.05, 0) is 42.3 Å². The van der Waals surface area contributed by atoms with Crippen LogP contribution in [0.15, 0.2) is 77.7 Å². The molecule has 0 spiro atoms. The van der Waals surface area contributed by atoms with E-state index in [9.17, 15) is 14.7 Å². The van der Waals surface area contributed by atoms with Crippen molar-refractivity contribution in [2.75, 3.05) is 18.2 Å². The van der Waals surface area contributed by atoms with E-state index in [-0.39, 0.29) is 24.7 Å². The summed E-state index contributed by atoms with van der Waals surface area (Å²) in [6.45, 7) is 4.89. The molecule has 0 aromatic heterocycles. The Labute approximate surface area is 239 Å². The van der Waals surface area contributed by atoms with Gasteiger partial charge in [0.2, 0.25) is 0 Å². The van der Waals surface area contributed by atoms with Crippen molar-refractivity contribution in [1.82, 2.24) is 0 Å². The van der Waals surface area contributed by atoms with E-state index >= 15 is 0 Å². The van der Waals surface area contributed by atoms with Gasteiger partial charge >= 0.3 is 5.97 Å². The van der Waals surface area contributed by atoms with E-state index in [1.165, 1.54) is 13.8 Å². The number of ether oxygens (including phenoxy) is 4. The molecule has 1 aliphatic rings. The highest BCUT2D eigenvalue weighted by molar-refractivity contribution is 7.99. The van der Waals surface area contributed by atoms with Crippen LogP contribution in [0.5, 0.6) is 5.75 Å². The van der Waals surface area contributed by atoms with E-state index in [2.05, 4.69) is 12.2 Å². The zero-order chi connectivity index (χ0) is 28.6. The van der Waals surface area contributed by atoms with E-state index in [1.54, 1.807) is 31.0 Å². The molecular formula is C31H35NO7S. The van der Waals surface area contributed by atoms with Crippen LogP contribution in [0, 0.1) is 5.92 Å². The molecule has 3 aromatic rings. The maximum Gasteiger partial charge on any atom is 0.303 e. The molecular weight excluding hydrogens is 530 g/mol. The Hall–Kier alpha value is -3.37. The molecule has 212 valence electrons. The summed E-state index contributed by atoms with van der Waals surface area (Å²) in [6, 6.07) is 22.9. The monoisotopic (exact) mass is 565 g/mol. The van der Waals surface area contributed by atoms with Gasteiger partial charge in [-0.15, -0.1) is 11.8 Å². The van der Waals surface area contributed by atoms with Gasteiger partial charge in [0.05, 0.1) is 25.9 Å². The average Bonchev–Trinajstić information content (AvgIpc) is 2.97. The highest BCUT2D eigenvalue weighted by atomic mass is 32.2. The normalized spacial score (nSPS) is 21.3. The minimum atomic E-state index is -0.900. The maximum absolute atomic E-state index is 12.3. The molecule has 40 heavy (non-hydrogen) atoms. The molecule has 0 aliphatic carbocycles. The third-order valence-corrected chi connectivity index (χ3v) is 7.90. The average molecular weight is 566 g/mol. The van der Waals surface area contributed by atoms with Crippen molar-refractivity contribution in [3.63, 3.8) is 0 Å². The van der Waals surface area contributed by atoms with Gasteiger partial charge in [-0.1, -0.05) is 55.5 Å². The molecule has 0 saturated carbocycles. The number of carbonyl (C=O) groups excluding carboxylic acids is 2. The molecule has 2 N–H and O–H groups in total. The van der Waals surface area contributed by atoms with E-state index in [4.69, 9.17) is 18.9 Å². The summed E-state index contributed by atoms with van der Waals surface area (Å²) in [7, 11) is 1.66. The molecule has 3 aromatic carbocycles. The molecule has 9 heteroatoms. The van der Waals surface area contributed by atoms with E-state index in [0.717, 1.165) is 27.3 Å². The van der Waals surface area contributed by atoms with Gasteiger partial charge in [0.15, 0.2) is 12.4 Å². The van der Waals surface area contributed by atoms with Crippen LogP contribution in [0.1, 0.15) is 49.9 Å². The van der Waals surface area contributed by atoms with Crippen LogP contribution < -0.4 is 10.1 Å². The first-order valence-electron chi connectivity index (χ1n) is 13.1. The third kappa shape index (κ3) is 7.42. The number of methoxy groups -OCH3 is 1. The van der Waals surface area contributed by atoms with E-state index in [0.29, 0.717) is 11.4 Å². The molecule has 8 nitrogen and oxygen atoms in total. The Bertz CT molecular complexity index is 1280. The summed E-state index contributed by atoms with van der Waals surface area (Å²) in [6.07, 6.45) is -1.91. The molecule has 1 fully saturated rings. The first-order chi connectivity index (χ1) is 19.3. The number of aliphatic hydroxyl groups excluding tert-OH is 1. The van der Waals surface area contributed by atoms with Gasteiger partial charge in [-0.2, -0.15) is 0 Å². The highest BCUT2D eigenvalue weighted by Crippen LogP contribution is 2.43. The van der Waals surface area contributed by atoms with Crippen molar-refractivity contribution in [3.8, 4) is 5.75 Å². The van der Waals surface area contributed by atoms with Crippen LogP contribution >= 0.6 is 11.8 Å². The predicted octanol–water partition coefficient (Wildman–Crippen LogP) is 5.66. The second-order valence-electron chi connectivity index (χ2n) is 9.65. The third-order valence-electron chi connectivity index (χ3n) is 6.76. The zero-order valence-corrected chi connectivity index (χ0v) is 23.9. The topological polar surface area (TPSA) is 103 Å². The number of nitrogens with one attached hydrogen (secondary N) is 1. The second-order valence-corrected chi connectivity index (χ2v) is 10.7. The first kappa shape index (κ1) is 29.6. The summed E-state index contributed by atoms with van der Waals surface area (Å²) in [5.41, 5.74) is 3.22. The Kier molecular flexibility index (Phi) is 10.2. The Morgan fingerprint density at radius 2 is 1.68 bits per heavy atom. The summed E-state index contributed by atoms with van der Waals surface area (Å²) in [5, 5.41) is 12.2. The number of amides is 1. The summed E-state index contributed by atoms with van der Waals surface area (Å²) in [4.78, 5) is 24.5. The number of hydrogen-bond donors (Lipinski definition) is 2. The van der Waals surface area contributed by atoms with Crippen LogP contribution in [0.2, 0.25) is 0 Å². The molecule has 1 aliphatic heterocycles. The minimum Gasteiger partial charge on any atom is -0.496 e.